The molecule has 0 bridgehead atoms. The van der Waals surface area contributed by atoms with Crippen LogP contribution in [0.15, 0.2) is 17.6 Å². The minimum Gasteiger partial charge on any atom is -0.362 e. The summed E-state index contributed by atoms with van der Waals surface area (Å²) in [5.74, 6) is 0.612. The Kier molecular flexibility index (Phi) is 3.41. The van der Waals surface area contributed by atoms with Crippen LogP contribution in [0.2, 0.25) is 10.3 Å². The van der Waals surface area contributed by atoms with Crippen LogP contribution in [-0.4, -0.2) is 9.97 Å². The van der Waals surface area contributed by atoms with Crippen molar-refractivity contribution in [1.82, 2.24) is 9.97 Å². The van der Waals surface area contributed by atoms with Crippen LogP contribution in [-0.2, 0) is 6.42 Å². The van der Waals surface area contributed by atoms with Gasteiger partial charge in [-0.05, 0) is 47.9 Å². The maximum atomic E-state index is 6.07. The minimum atomic E-state index is 0.211. The number of halogens is 2. The topological polar surface area (TPSA) is 37.8 Å². The third-order valence-electron chi connectivity index (χ3n) is 3.08. The number of aromatic nitrogens is 2. The predicted molar refractivity (Wildman–Crippen MR) is 75.7 cm³/mol. The Morgan fingerprint density at radius 1 is 1.39 bits per heavy atom. The summed E-state index contributed by atoms with van der Waals surface area (Å²) in [5, 5.41) is 6.22. The number of anilines is 1. The molecule has 0 fully saturated rings. The zero-order valence-corrected chi connectivity index (χ0v) is 11.8. The van der Waals surface area contributed by atoms with Crippen molar-refractivity contribution in [1.29, 1.82) is 0 Å². The highest BCUT2D eigenvalue weighted by atomic mass is 35.5. The van der Waals surface area contributed by atoms with E-state index in [1.54, 1.807) is 0 Å². The molecule has 0 spiro atoms. The van der Waals surface area contributed by atoms with E-state index in [0.717, 1.165) is 6.42 Å². The minimum absolute atomic E-state index is 0.211. The quantitative estimate of drug-likeness (QED) is 0.839. The van der Waals surface area contributed by atoms with Crippen molar-refractivity contribution in [3.05, 3.63) is 38.4 Å². The second kappa shape index (κ2) is 5.03. The van der Waals surface area contributed by atoms with Crippen molar-refractivity contribution in [3.8, 4) is 0 Å². The Balaban J connectivity index is 1.88. The largest absolute Gasteiger partial charge is 0.362 e. The molecule has 0 radical (unpaired) electrons. The van der Waals surface area contributed by atoms with Crippen molar-refractivity contribution in [2.24, 2.45) is 0 Å². The molecular weight excluding hydrogens is 289 g/mol. The van der Waals surface area contributed by atoms with Crippen LogP contribution < -0.4 is 5.32 Å². The van der Waals surface area contributed by atoms with Gasteiger partial charge < -0.3 is 5.32 Å². The summed E-state index contributed by atoms with van der Waals surface area (Å²) in [5.41, 5.74) is 1.36. The van der Waals surface area contributed by atoms with Crippen molar-refractivity contribution >= 4 is 40.4 Å². The first-order chi connectivity index (χ1) is 8.74. The van der Waals surface area contributed by atoms with Crippen LogP contribution >= 0.6 is 34.5 Å². The fourth-order valence-electron chi connectivity index (χ4n) is 2.25. The molecule has 2 aromatic heterocycles. The van der Waals surface area contributed by atoms with Gasteiger partial charge in [0, 0.05) is 4.88 Å². The molecule has 0 amide bonds. The van der Waals surface area contributed by atoms with Crippen LogP contribution in [0.5, 0.6) is 0 Å². The molecule has 1 aliphatic rings. The molecule has 1 unspecified atom stereocenters. The molecule has 0 saturated heterocycles. The zero-order valence-electron chi connectivity index (χ0n) is 9.49. The second-order valence-electron chi connectivity index (χ2n) is 4.22. The fraction of sp³-hybridized carbons (Fsp3) is 0.333. The van der Waals surface area contributed by atoms with Gasteiger partial charge in [-0.1, -0.05) is 11.6 Å². The van der Waals surface area contributed by atoms with Crippen LogP contribution in [0.4, 0.5) is 5.82 Å². The Morgan fingerprint density at radius 2 is 2.28 bits per heavy atom. The molecule has 1 aliphatic carbocycles. The molecule has 1 atom stereocenters. The maximum absolute atomic E-state index is 6.07. The van der Waals surface area contributed by atoms with Gasteiger partial charge in [0.15, 0.2) is 0 Å². The molecule has 18 heavy (non-hydrogen) atoms. The number of nitrogens with zero attached hydrogens (tertiary/aromatic N) is 2. The van der Waals surface area contributed by atoms with Crippen molar-refractivity contribution in [3.63, 3.8) is 0 Å². The van der Waals surface area contributed by atoms with E-state index in [4.69, 9.17) is 23.2 Å². The lowest BCUT2D eigenvalue weighted by Crippen LogP contribution is -2.16. The van der Waals surface area contributed by atoms with Crippen LogP contribution in [0.1, 0.15) is 29.3 Å². The van der Waals surface area contributed by atoms with Gasteiger partial charge in [-0.15, -0.1) is 11.3 Å². The molecule has 0 saturated carbocycles. The van der Waals surface area contributed by atoms with E-state index >= 15 is 0 Å². The predicted octanol–water partition coefficient (Wildman–Crippen LogP) is 4.33. The SMILES string of the molecule is Clc1ncc(Cl)c(NC2CCCc3sccc32)n1. The van der Waals surface area contributed by atoms with Gasteiger partial charge in [0.05, 0.1) is 12.2 Å². The Bertz CT molecular complexity index is 570. The standard InChI is InChI=1S/C12H11Cl2N3S/c13-8-6-15-12(14)17-11(8)16-9-2-1-3-10-7(9)4-5-18-10/h4-6,9H,1-3H2,(H,15,16,17). The normalized spacial score (nSPS) is 18.4. The van der Waals surface area contributed by atoms with Gasteiger partial charge in [0.1, 0.15) is 10.8 Å². The second-order valence-corrected chi connectivity index (χ2v) is 5.97. The van der Waals surface area contributed by atoms with Gasteiger partial charge in [-0.2, -0.15) is 4.98 Å². The summed E-state index contributed by atoms with van der Waals surface area (Å²) in [6.45, 7) is 0. The molecule has 94 valence electrons. The first-order valence-electron chi connectivity index (χ1n) is 5.75. The summed E-state index contributed by atoms with van der Waals surface area (Å²) in [4.78, 5) is 9.44. The van der Waals surface area contributed by atoms with E-state index in [-0.39, 0.29) is 11.3 Å². The van der Waals surface area contributed by atoms with Gasteiger partial charge in [-0.3, -0.25) is 0 Å². The Morgan fingerprint density at radius 3 is 3.17 bits per heavy atom. The molecule has 0 aliphatic heterocycles. The lowest BCUT2D eigenvalue weighted by atomic mass is 9.94. The van der Waals surface area contributed by atoms with Gasteiger partial charge >= 0.3 is 0 Å². The number of fused-ring (bicyclic) bond motifs is 1. The van der Waals surface area contributed by atoms with E-state index < -0.39 is 0 Å². The van der Waals surface area contributed by atoms with Crippen molar-refractivity contribution < 1.29 is 0 Å². The maximum Gasteiger partial charge on any atom is 0.224 e. The first kappa shape index (κ1) is 12.2. The van der Waals surface area contributed by atoms with Gasteiger partial charge in [-0.25, -0.2) is 4.98 Å². The Labute approximate surface area is 119 Å². The highest BCUT2D eigenvalue weighted by Gasteiger charge is 2.22. The van der Waals surface area contributed by atoms with E-state index in [0.29, 0.717) is 10.8 Å². The van der Waals surface area contributed by atoms with E-state index in [2.05, 4.69) is 26.7 Å². The summed E-state index contributed by atoms with van der Waals surface area (Å²) in [6.07, 6.45) is 4.96. The van der Waals surface area contributed by atoms with Crippen LogP contribution in [0.25, 0.3) is 0 Å². The summed E-state index contributed by atoms with van der Waals surface area (Å²) in [7, 11) is 0. The summed E-state index contributed by atoms with van der Waals surface area (Å²) < 4.78 is 0. The first-order valence-corrected chi connectivity index (χ1v) is 7.38. The number of nitrogens with one attached hydrogen (secondary N) is 1. The highest BCUT2D eigenvalue weighted by molar-refractivity contribution is 7.10. The average Bonchev–Trinajstić information content (AvgIpc) is 2.83. The molecule has 2 heterocycles. The van der Waals surface area contributed by atoms with Gasteiger partial charge in [0.2, 0.25) is 5.28 Å². The van der Waals surface area contributed by atoms with E-state index in [1.807, 2.05) is 11.3 Å². The third kappa shape index (κ3) is 2.32. The zero-order chi connectivity index (χ0) is 12.5. The molecule has 0 aromatic carbocycles. The Hall–Kier alpha value is -0.840. The number of rotatable bonds is 2. The lowest BCUT2D eigenvalue weighted by Gasteiger charge is -2.24. The van der Waals surface area contributed by atoms with E-state index in [9.17, 15) is 0 Å². The molecule has 3 rings (SSSR count). The van der Waals surface area contributed by atoms with E-state index in [1.165, 1.54) is 29.5 Å². The lowest BCUT2D eigenvalue weighted by molar-refractivity contribution is 0.607. The highest BCUT2D eigenvalue weighted by Crippen LogP contribution is 2.36. The smallest absolute Gasteiger partial charge is 0.224 e. The number of aryl methyl sites for hydroxylation is 1. The fourth-order valence-corrected chi connectivity index (χ4v) is 3.51. The molecule has 3 nitrogen and oxygen atoms in total. The molecule has 2 aromatic rings. The average molecular weight is 300 g/mol. The molecular formula is C12H11Cl2N3S. The van der Waals surface area contributed by atoms with Crippen LogP contribution in [0.3, 0.4) is 0 Å². The molecule has 6 heteroatoms. The van der Waals surface area contributed by atoms with Crippen LogP contribution in [0, 0.1) is 0 Å². The monoisotopic (exact) mass is 299 g/mol. The third-order valence-corrected chi connectivity index (χ3v) is 4.53. The van der Waals surface area contributed by atoms with Crippen molar-refractivity contribution in [2.75, 3.05) is 5.32 Å². The summed E-state index contributed by atoms with van der Waals surface area (Å²) in [6, 6.07) is 2.44. The number of hydrogen-bond acceptors (Lipinski definition) is 4. The number of thiophene rings is 1. The number of hydrogen-bond donors (Lipinski definition) is 1. The summed E-state index contributed by atoms with van der Waals surface area (Å²) >= 11 is 13.7. The van der Waals surface area contributed by atoms with Gasteiger partial charge in [0.25, 0.3) is 0 Å². The van der Waals surface area contributed by atoms with Crippen molar-refractivity contribution in [2.45, 2.75) is 25.3 Å². The molecule has 1 N–H and O–H groups in total.